The third kappa shape index (κ3) is 2.74. The van der Waals surface area contributed by atoms with Crippen molar-refractivity contribution in [3.8, 4) is 0 Å². The smallest absolute Gasteiger partial charge is 0.190 e. The average Bonchev–Trinajstić information content (AvgIpc) is 2.86. The van der Waals surface area contributed by atoms with E-state index in [2.05, 4.69) is 6.92 Å². The molecule has 6 heteroatoms. The monoisotopic (exact) mass is 427 g/mol. The fourth-order valence-corrected chi connectivity index (χ4v) is 7.64. The average molecular weight is 428 g/mol. The van der Waals surface area contributed by atoms with Gasteiger partial charge in [-0.1, -0.05) is 13.8 Å². The summed E-state index contributed by atoms with van der Waals surface area (Å²) in [5, 5.41) is 30.6. The molecule has 4 aliphatic rings. The molecule has 27 heavy (non-hydrogen) atoms. The zero-order valence-electron chi connectivity index (χ0n) is 16.2. The maximum absolute atomic E-state index is 13.4. The number of hydrogen-bond acceptors (Lipinski definition) is 5. The van der Waals surface area contributed by atoms with E-state index >= 15 is 0 Å². The van der Waals surface area contributed by atoms with Crippen molar-refractivity contribution in [1.82, 2.24) is 0 Å². The summed E-state index contributed by atoms with van der Waals surface area (Å²) < 4.78 is 0. The summed E-state index contributed by atoms with van der Waals surface area (Å²) in [5.41, 5.74) is -2.40. The Bertz CT molecular complexity index is 638. The van der Waals surface area contributed by atoms with Crippen LogP contribution in [0.2, 0.25) is 0 Å². The van der Waals surface area contributed by atoms with Crippen LogP contribution in [0.3, 0.4) is 0 Å². The van der Waals surface area contributed by atoms with Gasteiger partial charge in [0.15, 0.2) is 5.78 Å². The van der Waals surface area contributed by atoms with Crippen LogP contribution in [0.15, 0.2) is 0 Å². The SMILES string of the molecule is C[C@]12CC[C@@H](O)C[C@H]1CC[C@@H]1[C@@H]2C(=O)C[C@@]2(C)[C@H]1CC[C@]2(O)C(=O)CO.[Cu]. The van der Waals surface area contributed by atoms with Gasteiger partial charge in [0.2, 0.25) is 0 Å². The van der Waals surface area contributed by atoms with Gasteiger partial charge in [-0.05, 0) is 68.1 Å². The van der Waals surface area contributed by atoms with Crippen LogP contribution in [0.4, 0.5) is 0 Å². The number of carbonyl (C=O) groups excluding carboxylic acids is 2. The fraction of sp³-hybridized carbons (Fsp3) is 0.905. The molecule has 5 nitrogen and oxygen atoms in total. The van der Waals surface area contributed by atoms with Gasteiger partial charge >= 0.3 is 0 Å². The van der Waals surface area contributed by atoms with E-state index in [1.807, 2.05) is 6.92 Å². The van der Waals surface area contributed by atoms with Gasteiger partial charge in [-0.2, -0.15) is 0 Å². The zero-order valence-corrected chi connectivity index (χ0v) is 17.2. The van der Waals surface area contributed by atoms with Crippen molar-refractivity contribution in [1.29, 1.82) is 0 Å². The number of carbonyl (C=O) groups is 2. The van der Waals surface area contributed by atoms with Gasteiger partial charge in [-0.25, -0.2) is 0 Å². The first kappa shape index (κ1) is 21.4. The van der Waals surface area contributed by atoms with Gasteiger partial charge in [0.25, 0.3) is 0 Å². The third-order valence-corrected chi connectivity index (χ3v) is 9.08. The van der Waals surface area contributed by atoms with E-state index in [0.29, 0.717) is 12.3 Å². The van der Waals surface area contributed by atoms with Crippen LogP contribution in [0, 0.1) is 34.5 Å². The van der Waals surface area contributed by atoms with Crippen molar-refractivity contribution >= 4 is 11.6 Å². The normalized spacial score (nSPS) is 51.6. The fourth-order valence-electron chi connectivity index (χ4n) is 7.64. The molecule has 0 aromatic carbocycles. The molecule has 4 fully saturated rings. The molecule has 0 aromatic rings. The molecule has 0 unspecified atom stereocenters. The summed E-state index contributed by atoms with van der Waals surface area (Å²) >= 11 is 0. The van der Waals surface area contributed by atoms with Crippen LogP contribution >= 0.6 is 0 Å². The summed E-state index contributed by atoms with van der Waals surface area (Å²) in [6, 6.07) is 0. The molecule has 4 rings (SSSR count). The van der Waals surface area contributed by atoms with Crippen molar-refractivity contribution in [2.45, 2.75) is 76.9 Å². The van der Waals surface area contributed by atoms with Crippen molar-refractivity contribution in [2.75, 3.05) is 6.61 Å². The second-order valence-corrected chi connectivity index (χ2v) is 10.00. The van der Waals surface area contributed by atoms with E-state index in [1.165, 1.54) is 0 Å². The standard InChI is InChI=1S/C21H32O5.Cu/c1-19-7-5-13(23)9-12(19)3-4-14-15-6-8-21(26,17(25)11-22)20(15,2)10-16(24)18(14)19;/h12-15,18,22-23,26H,3-11H2,1-2H3;/t12-,13-,14+,15+,18-,19+,20+,21+;/m1./s1. The molecule has 157 valence electrons. The Labute approximate surface area is 171 Å². The van der Waals surface area contributed by atoms with Crippen LogP contribution < -0.4 is 0 Å². The first-order valence-corrected chi connectivity index (χ1v) is 10.2. The molecule has 0 spiro atoms. The van der Waals surface area contributed by atoms with Crippen molar-refractivity contribution in [2.24, 2.45) is 34.5 Å². The summed E-state index contributed by atoms with van der Waals surface area (Å²) in [5.74, 6) is 0.380. The van der Waals surface area contributed by atoms with Gasteiger partial charge in [0.1, 0.15) is 18.0 Å². The number of hydrogen-bond donors (Lipinski definition) is 3. The molecule has 1 radical (unpaired) electrons. The maximum Gasteiger partial charge on any atom is 0.190 e. The van der Waals surface area contributed by atoms with Gasteiger partial charge in [-0.15, -0.1) is 0 Å². The number of fused-ring (bicyclic) bond motifs is 5. The number of aliphatic hydroxyl groups is 3. The van der Waals surface area contributed by atoms with E-state index in [0.717, 1.165) is 38.5 Å². The van der Waals surface area contributed by atoms with Crippen molar-refractivity contribution in [3.63, 3.8) is 0 Å². The number of rotatable bonds is 2. The minimum absolute atomic E-state index is 0. The molecule has 0 amide bonds. The molecule has 4 aliphatic carbocycles. The second-order valence-electron chi connectivity index (χ2n) is 10.00. The number of ketones is 2. The Morgan fingerprint density at radius 2 is 1.85 bits per heavy atom. The molecule has 0 heterocycles. The summed E-state index contributed by atoms with van der Waals surface area (Å²) in [7, 11) is 0. The van der Waals surface area contributed by atoms with Crippen LogP contribution in [0.1, 0.15) is 65.2 Å². The van der Waals surface area contributed by atoms with E-state index < -0.39 is 23.4 Å². The summed E-state index contributed by atoms with van der Waals surface area (Å²) in [4.78, 5) is 25.7. The molecular formula is C21H32CuO5. The Kier molecular flexibility index (Phi) is 5.49. The third-order valence-electron chi connectivity index (χ3n) is 9.08. The Balaban J connectivity index is 0.00000210. The quantitative estimate of drug-likeness (QED) is 0.584. The van der Waals surface area contributed by atoms with Gasteiger partial charge < -0.3 is 15.3 Å². The Morgan fingerprint density at radius 3 is 2.52 bits per heavy atom. The molecule has 8 atom stereocenters. The van der Waals surface area contributed by atoms with E-state index in [9.17, 15) is 24.9 Å². The Hall–Kier alpha value is -0.261. The van der Waals surface area contributed by atoms with Crippen LogP contribution in [-0.2, 0) is 26.7 Å². The van der Waals surface area contributed by atoms with Crippen molar-refractivity contribution < 1.29 is 42.0 Å². The maximum atomic E-state index is 13.4. The van der Waals surface area contributed by atoms with E-state index in [1.54, 1.807) is 0 Å². The summed E-state index contributed by atoms with van der Waals surface area (Å²) in [6.45, 7) is 3.46. The molecule has 0 aliphatic heterocycles. The van der Waals surface area contributed by atoms with E-state index in [4.69, 9.17) is 0 Å². The predicted molar refractivity (Wildman–Crippen MR) is 95.2 cm³/mol. The second kappa shape index (κ2) is 6.91. The van der Waals surface area contributed by atoms with Gasteiger partial charge in [-0.3, -0.25) is 9.59 Å². The Morgan fingerprint density at radius 1 is 1.15 bits per heavy atom. The van der Waals surface area contributed by atoms with Crippen molar-refractivity contribution in [3.05, 3.63) is 0 Å². The summed E-state index contributed by atoms with van der Waals surface area (Å²) in [6.07, 6.45) is 5.47. The number of Topliss-reactive ketones (excluding diaryl/α,β-unsaturated/α-hetero) is 2. The minimum atomic E-state index is -1.58. The topological polar surface area (TPSA) is 94.8 Å². The molecule has 0 saturated heterocycles. The molecular weight excluding hydrogens is 396 g/mol. The molecule has 0 bridgehead atoms. The van der Waals surface area contributed by atoms with E-state index in [-0.39, 0.29) is 58.5 Å². The molecule has 3 N–H and O–H groups in total. The molecule has 4 saturated carbocycles. The minimum Gasteiger partial charge on any atom is -0.393 e. The van der Waals surface area contributed by atoms with Gasteiger partial charge in [0.05, 0.1) is 6.10 Å². The first-order valence-electron chi connectivity index (χ1n) is 10.2. The van der Waals surface area contributed by atoms with Crippen LogP contribution in [-0.4, -0.2) is 45.2 Å². The number of aliphatic hydroxyl groups excluding tert-OH is 2. The van der Waals surface area contributed by atoms with Crippen LogP contribution in [0.5, 0.6) is 0 Å². The first-order chi connectivity index (χ1) is 12.2. The largest absolute Gasteiger partial charge is 0.393 e. The zero-order chi connectivity index (χ0) is 18.9. The molecule has 0 aromatic heterocycles. The van der Waals surface area contributed by atoms with Crippen LogP contribution in [0.25, 0.3) is 0 Å². The van der Waals surface area contributed by atoms with Gasteiger partial charge in [0, 0.05) is 34.8 Å². The predicted octanol–water partition coefficient (Wildman–Crippen LogP) is 1.86.